The number of rotatable bonds is 5. The summed E-state index contributed by atoms with van der Waals surface area (Å²) >= 11 is 0. The normalized spacial score (nSPS) is 10.1. The molecule has 0 saturated heterocycles. The van der Waals surface area contributed by atoms with Gasteiger partial charge in [-0.2, -0.15) is 4.39 Å². The number of nitrogens with one attached hydrogen (secondary N) is 2. The largest absolute Gasteiger partial charge is 0.504 e. The van der Waals surface area contributed by atoms with E-state index in [-0.39, 0.29) is 23.7 Å². The molecule has 2 aromatic carbocycles. The van der Waals surface area contributed by atoms with Crippen LogP contribution in [0.1, 0.15) is 5.56 Å². The summed E-state index contributed by atoms with van der Waals surface area (Å²) in [6.45, 7) is 0.131. The number of hydrogen-bond acceptors (Lipinski definition) is 5. The van der Waals surface area contributed by atoms with Crippen molar-refractivity contribution < 1.29 is 24.0 Å². The Morgan fingerprint density at radius 2 is 2.08 bits per heavy atom. The van der Waals surface area contributed by atoms with Crippen LogP contribution in [0.3, 0.4) is 0 Å². The van der Waals surface area contributed by atoms with E-state index >= 15 is 0 Å². The summed E-state index contributed by atoms with van der Waals surface area (Å²) in [4.78, 5) is 21.6. The quantitative estimate of drug-likeness (QED) is 0.574. The van der Waals surface area contributed by atoms with Crippen molar-refractivity contribution in [1.29, 1.82) is 0 Å². The molecule has 0 aliphatic rings. The Balaban J connectivity index is 1.99. The van der Waals surface area contributed by atoms with Crippen LogP contribution in [-0.2, 0) is 6.54 Å². The Morgan fingerprint density at radius 3 is 2.75 bits per heavy atom. The number of phenolic OH excluding ortho intramolecular Hbond substituents is 1. The third-order valence-electron chi connectivity index (χ3n) is 3.10. The van der Waals surface area contributed by atoms with Gasteiger partial charge in [-0.15, -0.1) is 0 Å². The van der Waals surface area contributed by atoms with Crippen LogP contribution in [0, 0.1) is 15.9 Å². The minimum Gasteiger partial charge on any atom is -0.504 e. The van der Waals surface area contributed by atoms with Crippen LogP contribution in [0.2, 0.25) is 0 Å². The first-order chi connectivity index (χ1) is 11.4. The second kappa shape index (κ2) is 7.27. The average molecular weight is 335 g/mol. The average Bonchev–Trinajstić information content (AvgIpc) is 2.55. The lowest BCUT2D eigenvalue weighted by molar-refractivity contribution is -0.387. The van der Waals surface area contributed by atoms with Gasteiger partial charge in [0.25, 0.3) is 0 Å². The molecule has 24 heavy (non-hydrogen) atoms. The van der Waals surface area contributed by atoms with Crippen molar-refractivity contribution in [1.82, 2.24) is 5.32 Å². The number of nitrogens with zero attached hydrogens (tertiary/aromatic N) is 1. The molecule has 2 aromatic rings. The number of carbonyl (C=O) groups is 1. The number of aromatic hydroxyl groups is 1. The molecule has 0 fully saturated rings. The summed E-state index contributed by atoms with van der Waals surface area (Å²) in [6, 6.07) is 7.00. The standard InChI is InChI=1S/C15H14FN3O5/c1-24-14-6-9(2-5-13(14)20)8-17-15(21)18-10-3-4-11(16)12(7-10)19(22)23/h2-7,20H,8H2,1H3,(H2,17,18,21). The zero-order valence-electron chi connectivity index (χ0n) is 12.6. The third kappa shape index (κ3) is 4.09. The van der Waals surface area contributed by atoms with Crippen molar-refractivity contribution in [2.45, 2.75) is 6.54 Å². The third-order valence-corrected chi connectivity index (χ3v) is 3.10. The van der Waals surface area contributed by atoms with Crippen LogP contribution < -0.4 is 15.4 Å². The predicted octanol–water partition coefficient (Wildman–Crippen LogP) is 2.77. The molecule has 0 saturated carbocycles. The van der Waals surface area contributed by atoms with Crippen LogP contribution in [0.5, 0.6) is 11.5 Å². The maximum absolute atomic E-state index is 13.2. The maximum Gasteiger partial charge on any atom is 0.319 e. The summed E-state index contributed by atoms with van der Waals surface area (Å²) in [5, 5.41) is 25.1. The molecule has 0 atom stereocenters. The number of ether oxygens (including phenoxy) is 1. The minimum atomic E-state index is -0.984. The van der Waals surface area contributed by atoms with Crippen molar-refractivity contribution in [2.24, 2.45) is 0 Å². The number of methoxy groups -OCH3 is 1. The number of hydrogen-bond donors (Lipinski definition) is 3. The lowest BCUT2D eigenvalue weighted by atomic mass is 10.2. The minimum absolute atomic E-state index is 0.0238. The molecule has 0 bridgehead atoms. The van der Waals surface area contributed by atoms with Crippen molar-refractivity contribution >= 4 is 17.4 Å². The van der Waals surface area contributed by atoms with E-state index in [9.17, 15) is 24.4 Å². The van der Waals surface area contributed by atoms with E-state index < -0.39 is 22.5 Å². The highest BCUT2D eigenvalue weighted by Crippen LogP contribution is 2.26. The van der Waals surface area contributed by atoms with E-state index in [1.807, 2.05) is 0 Å². The molecular formula is C15H14FN3O5. The van der Waals surface area contributed by atoms with Gasteiger partial charge < -0.3 is 20.5 Å². The Hall–Kier alpha value is -3.36. The lowest BCUT2D eigenvalue weighted by Crippen LogP contribution is -2.28. The summed E-state index contributed by atoms with van der Waals surface area (Å²) in [7, 11) is 1.40. The first-order valence-electron chi connectivity index (χ1n) is 6.75. The number of carbonyl (C=O) groups excluding carboxylic acids is 1. The van der Waals surface area contributed by atoms with E-state index in [1.54, 1.807) is 12.1 Å². The molecule has 3 N–H and O–H groups in total. The van der Waals surface area contributed by atoms with Crippen molar-refractivity contribution in [3.05, 3.63) is 57.9 Å². The van der Waals surface area contributed by atoms with E-state index in [4.69, 9.17) is 4.74 Å². The lowest BCUT2D eigenvalue weighted by Gasteiger charge is -2.09. The molecule has 0 spiro atoms. The number of benzene rings is 2. The van der Waals surface area contributed by atoms with Crippen molar-refractivity contribution in [3.8, 4) is 11.5 Å². The number of nitro benzene ring substituents is 1. The van der Waals surface area contributed by atoms with Gasteiger partial charge in [0.1, 0.15) is 0 Å². The molecule has 0 aliphatic carbocycles. The molecule has 2 amide bonds. The van der Waals surface area contributed by atoms with Gasteiger partial charge in [-0.3, -0.25) is 10.1 Å². The van der Waals surface area contributed by atoms with Crippen LogP contribution in [-0.4, -0.2) is 23.2 Å². The molecule has 8 nitrogen and oxygen atoms in total. The highest BCUT2D eigenvalue weighted by atomic mass is 19.1. The topological polar surface area (TPSA) is 114 Å². The Kier molecular flexibility index (Phi) is 5.15. The number of nitro groups is 1. The Bertz CT molecular complexity index is 782. The van der Waals surface area contributed by atoms with Crippen LogP contribution in [0.25, 0.3) is 0 Å². The smallest absolute Gasteiger partial charge is 0.319 e. The Morgan fingerprint density at radius 1 is 1.33 bits per heavy atom. The molecule has 0 aliphatic heterocycles. The van der Waals surface area contributed by atoms with Crippen LogP contribution in [0.15, 0.2) is 36.4 Å². The number of urea groups is 1. The molecule has 126 valence electrons. The van der Waals surface area contributed by atoms with Gasteiger partial charge in [0.05, 0.1) is 12.0 Å². The summed E-state index contributed by atoms with van der Waals surface area (Å²) in [6.07, 6.45) is 0. The summed E-state index contributed by atoms with van der Waals surface area (Å²) in [5.74, 6) is -0.740. The maximum atomic E-state index is 13.2. The van der Waals surface area contributed by atoms with Gasteiger partial charge in [0, 0.05) is 18.3 Å². The fraction of sp³-hybridized carbons (Fsp3) is 0.133. The molecule has 0 aromatic heterocycles. The van der Waals surface area contributed by atoms with Crippen LogP contribution in [0.4, 0.5) is 20.6 Å². The number of phenols is 1. The summed E-state index contributed by atoms with van der Waals surface area (Å²) < 4.78 is 18.2. The van der Waals surface area contributed by atoms with E-state index in [2.05, 4.69) is 10.6 Å². The van der Waals surface area contributed by atoms with E-state index in [0.717, 1.165) is 12.1 Å². The van der Waals surface area contributed by atoms with E-state index in [0.29, 0.717) is 5.56 Å². The van der Waals surface area contributed by atoms with Crippen molar-refractivity contribution in [2.75, 3.05) is 12.4 Å². The van der Waals surface area contributed by atoms with Gasteiger partial charge in [-0.25, -0.2) is 4.79 Å². The second-order valence-electron chi connectivity index (χ2n) is 4.74. The SMILES string of the molecule is COc1cc(CNC(=O)Nc2ccc(F)c([N+](=O)[O-])c2)ccc1O. The van der Waals surface area contributed by atoms with Gasteiger partial charge in [-0.1, -0.05) is 6.07 Å². The number of amides is 2. The second-order valence-corrected chi connectivity index (χ2v) is 4.74. The van der Waals surface area contributed by atoms with E-state index in [1.165, 1.54) is 19.2 Å². The Labute approximate surface area is 136 Å². The first-order valence-corrected chi connectivity index (χ1v) is 6.75. The van der Waals surface area contributed by atoms with Gasteiger partial charge in [0.2, 0.25) is 5.82 Å². The molecule has 0 radical (unpaired) electrons. The number of anilines is 1. The molecular weight excluding hydrogens is 321 g/mol. The van der Waals surface area contributed by atoms with Crippen molar-refractivity contribution in [3.63, 3.8) is 0 Å². The zero-order chi connectivity index (χ0) is 17.7. The fourth-order valence-corrected chi connectivity index (χ4v) is 1.92. The highest BCUT2D eigenvalue weighted by Gasteiger charge is 2.15. The molecule has 9 heteroatoms. The first kappa shape index (κ1) is 17.0. The molecule has 0 heterocycles. The van der Waals surface area contributed by atoms with Gasteiger partial charge in [-0.05, 0) is 29.8 Å². The van der Waals surface area contributed by atoms with Crippen LogP contribution >= 0.6 is 0 Å². The predicted molar refractivity (Wildman–Crippen MR) is 83.6 cm³/mol. The fourth-order valence-electron chi connectivity index (χ4n) is 1.92. The zero-order valence-corrected chi connectivity index (χ0v) is 12.6. The molecule has 0 unspecified atom stereocenters. The highest BCUT2D eigenvalue weighted by molar-refractivity contribution is 5.89. The van der Waals surface area contributed by atoms with Gasteiger partial charge in [0.15, 0.2) is 11.5 Å². The number of halogens is 1. The van der Waals surface area contributed by atoms with Gasteiger partial charge >= 0.3 is 11.7 Å². The summed E-state index contributed by atoms with van der Waals surface area (Å²) in [5.41, 5.74) is 0.0323. The monoisotopic (exact) mass is 335 g/mol. The molecule has 2 rings (SSSR count).